The third kappa shape index (κ3) is 3.98. The van der Waals surface area contributed by atoms with E-state index < -0.39 is 15.9 Å². The van der Waals surface area contributed by atoms with Crippen molar-refractivity contribution in [2.24, 2.45) is 0 Å². The van der Waals surface area contributed by atoms with Gasteiger partial charge in [0, 0.05) is 12.1 Å². The second-order valence-electron chi connectivity index (χ2n) is 7.26. The Morgan fingerprint density at radius 3 is 2.65 bits per heavy atom. The Morgan fingerprint density at radius 1 is 1.10 bits per heavy atom. The molecule has 0 fully saturated rings. The molecule has 1 aliphatic heterocycles. The van der Waals surface area contributed by atoms with Gasteiger partial charge in [0.25, 0.3) is 15.9 Å². The molecule has 0 bridgehead atoms. The van der Waals surface area contributed by atoms with Gasteiger partial charge in [0.1, 0.15) is 10.6 Å². The third-order valence-corrected chi connectivity index (χ3v) is 7.50. The second-order valence-corrected chi connectivity index (χ2v) is 9.50. The number of para-hydroxylation sites is 1. The minimum absolute atomic E-state index is 0.0640. The number of anilines is 2. The number of aryl methyl sites for hydroxylation is 1. The summed E-state index contributed by atoms with van der Waals surface area (Å²) in [5.74, 6) is 0.0493. The molecular weight excluding hydrogens is 436 g/mol. The molecule has 0 atom stereocenters. The largest absolute Gasteiger partial charge is 0.495 e. The van der Waals surface area contributed by atoms with Crippen LogP contribution in [0.4, 0.5) is 11.4 Å². The van der Waals surface area contributed by atoms with E-state index in [-0.39, 0.29) is 15.5 Å². The summed E-state index contributed by atoms with van der Waals surface area (Å²) in [6, 6.07) is 17.0. The molecule has 8 heteroatoms. The molecule has 0 saturated carbocycles. The van der Waals surface area contributed by atoms with E-state index in [0.717, 1.165) is 11.1 Å². The van der Waals surface area contributed by atoms with E-state index >= 15 is 0 Å². The number of hydrogen-bond acceptors (Lipinski definition) is 4. The highest BCUT2D eigenvalue weighted by Gasteiger charge is 2.32. The number of methoxy groups -OCH3 is 1. The molecule has 1 amide bonds. The Bertz CT molecular complexity index is 1270. The van der Waals surface area contributed by atoms with Gasteiger partial charge in [-0.05, 0) is 60.9 Å². The van der Waals surface area contributed by atoms with Gasteiger partial charge in [-0.25, -0.2) is 8.42 Å². The number of carbonyl (C=O) groups is 1. The molecule has 160 valence electrons. The number of sulfonamides is 1. The Kier molecular flexibility index (Phi) is 5.64. The van der Waals surface area contributed by atoms with Crippen molar-refractivity contribution in [1.82, 2.24) is 0 Å². The van der Waals surface area contributed by atoms with Crippen molar-refractivity contribution in [2.75, 3.05) is 23.3 Å². The molecule has 31 heavy (non-hydrogen) atoms. The van der Waals surface area contributed by atoms with E-state index in [1.165, 1.54) is 29.6 Å². The van der Waals surface area contributed by atoms with Crippen LogP contribution in [0.3, 0.4) is 0 Å². The minimum atomic E-state index is -3.93. The maximum absolute atomic E-state index is 13.4. The van der Waals surface area contributed by atoms with E-state index in [2.05, 4.69) is 5.32 Å². The molecule has 0 unspecified atom stereocenters. The smallest absolute Gasteiger partial charge is 0.265 e. The van der Waals surface area contributed by atoms with Crippen molar-refractivity contribution in [3.8, 4) is 5.75 Å². The number of rotatable bonds is 5. The molecule has 0 radical (unpaired) electrons. The van der Waals surface area contributed by atoms with E-state index in [9.17, 15) is 13.2 Å². The lowest BCUT2D eigenvalue weighted by atomic mass is 10.1. The predicted octanol–water partition coefficient (Wildman–Crippen LogP) is 4.66. The lowest BCUT2D eigenvalue weighted by Crippen LogP contribution is -2.29. The molecule has 3 aromatic carbocycles. The van der Waals surface area contributed by atoms with Gasteiger partial charge in [-0.15, -0.1) is 0 Å². The number of fused-ring (bicyclic) bond motifs is 1. The zero-order chi connectivity index (χ0) is 22.2. The first-order chi connectivity index (χ1) is 14.8. The molecule has 1 aliphatic rings. The maximum atomic E-state index is 13.4. The van der Waals surface area contributed by atoms with Crippen LogP contribution in [0.5, 0.6) is 5.75 Å². The Labute approximate surface area is 186 Å². The molecule has 0 spiro atoms. The third-order valence-electron chi connectivity index (χ3n) is 5.21. The van der Waals surface area contributed by atoms with Crippen LogP contribution in [0.2, 0.25) is 5.02 Å². The number of benzene rings is 3. The van der Waals surface area contributed by atoms with Gasteiger partial charge in [0.05, 0.1) is 23.5 Å². The van der Waals surface area contributed by atoms with Crippen LogP contribution in [0.15, 0.2) is 65.6 Å². The molecule has 1 N–H and O–H groups in total. The molecular formula is C23H21ClN2O4S. The molecule has 1 heterocycles. The van der Waals surface area contributed by atoms with Gasteiger partial charge < -0.3 is 10.1 Å². The van der Waals surface area contributed by atoms with Gasteiger partial charge in [-0.2, -0.15) is 0 Å². The Balaban J connectivity index is 1.68. The zero-order valence-electron chi connectivity index (χ0n) is 17.1. The molecule has 4 rings (SSSR count). The highest BCUT2D eigenvalue weighted by molar-refractivity contribution is 7.93. The summed E-state index contributed by atoms with van der Waals surface area (Å²) in [5.41, 5.74) is 3.23. The molecule has 6 nitrogen and oxygen atoms in total. The van der Waals surface area contributed by atoms with E-state index in [1.807, 2.05) is 25.1 Å². The zero-order valence-corrected chi connectivity index (χ0v) is 18.6. The fraction of sp³-hybridized carbons (Fsp3) is 0.174. The van der Waals surface area contributed by atoms with Gasteiger partial charge in [0.2, 0.25) is 0 Å². The summed E-state index contributed by atoms with van der Waals surface area (Å²) in [6.07, 6.45) is 0.625. The second kappa shape index (κ2) is 8.24. The topological polar surface area (TPSA) is 75.7 Å². The van der Waals surface area contributed by atoms with Crippen molar-refractivity contribution < 1.29 is 17.9 Å². The van der Waals surface area contributed by atoms with Crippen LogP contribution in [0, 0.1) is 6.92 Å². The number of amides is 1. The number of nitrogens with zero attached hydrogens (tertiary/aromatic N) is 1. The summed E-state index contributed by atoms with van der Waals surface area (Å²) >= 11 is 6.26. The van der Waals surface area contributed by atoms with Crippen molar-refractivity contribution in [2.45, 2.75) is 18.2 Å². The Hall–Kier alpha value is -3.03. The van der Waals surface area contributed by atoms with E-state index in [4.69, 9.17) is 16.3 Å². The van der Waals surface area contributed by atoms with Crippen molar-refractivity contribution >= 4 is 38.9 Å². The molecule has 0 aliphatic carbocycles. The quantitative estimate of drug-likeness (QED) is 0.605. The number of nitrogens with one attached hydrogen (secondary N) is 1. The predicted molar refractivity (Wildman–Crippen MR) is 122 cm³/mol. The van der Waals surface area contributed by atoms with Crippen LogP contribution < -0.4 is 14.4 Å². The summed E-state index contributed by atoms with van der Waals surface area (Å²) < 4.78 is 33.4. The van der Waals surface area contributed by atoms with E-state index in [1.54, 1.807) is 24.3 Å². The first-order valence-corrected chi connectivity index (χ1v) is 11.5. The first-order valence-electron chi connectivity index (χ1n) is 9.67. The summed E-state index contributed by atoms with van der Waals surface area (Å²) in [4.78, 5) is 12.8. The first kappa shape index (κ1) is 21.2. The summed E-state index contributed by atoms with van der Waals surface area (Å²) in [7, 11) is -2.42. The summed E-state index contributed by atoms with van der Waals surface area (Å²) in [6.45, 7) is 2.23. The van der Waals surface area contributed by atoms with Crippen LogP contribution in [-0.4, -0.2) is 28.0 Å². The number of hydrogen-bond donors (Lipinski definition) is 1. The number of ether oxygens (including phenoxy) is 1. The van der Waals surface area contributed by atoms with Crippen LogP contribution in [-0.2, 0) is 16.4 Å². The van der Waals surface area contributed by atoms with Gasteiger partial charge in [0.15, 0.2) is 0 Å². The SMILES string of the molecule is COc1ccc(C)cc1NC(=O)c1ccc(Cl)c(S(=O)(=O)N2CCc3ccccc32)c1. The minimum Gasteiger partial charge on any atom is -0.495 e. The highest BCUT2D eigenvalue weighted by atomic mass is 35.5. The van der Waals surface area contributed by atoms with Crippen molar-refractivity contribution in [3.05, 3.63) is 82.4 Å². The fourth-order valence-corrected chi connectivity index (χ4v) is 5.64. The van der Waals surface area contributed by atoms with Gasteiger partial charge in [-0.1, -0.05) is 35.9 Å². The van der Waals surface area contributed by atoms with Crippen molar-refractivity contribution in [1.29, 1.82) is 0 Å². The normalized spacial score (nSPS) is 13.1. The molecule has 0 saturated heterocycles. The lowest BCUT2D eigenvalue weighted by Gasteiger charge is -2.20. The maximum Gasteiger partial charge on any atom is 0.265 e. The number of carbonyl (C=O) groups excluding carboxylic acids is 1. The Morgan fingerprint density at radius 2 is 1.87 bits per heavy atom. The number of halogens is 1. The highest BCUT2D eigenvalue weighted by Crippen LogP contribution is 2.35. The van der Waals surface area contributed by atoms with Gasteiger partial charge >= 0.3 is 0 Å². The molecule has 3 aromatic rings. The van der Waals surface area contributed by atoms with Crippen molar-refractivity contribution in [3.63, 3.8) is 0 Å². The average Bonchev–Trinajstić information content (AvgIpc) is 3.19. The fourth-order valence-electron chi connectivity index (χ4n) is 3.63. The van der Waals surface area contributed by atoms with E-state index in [0.29, 0.717) is 30.1 Å². The summed E-state index contributed by atoms with van der Waals surface area (Å²) in [5, 5.41) is 2.85. The standard InChI is InChI=1S/C23H21ClN2O4S/c1-15-7-10-21(30-2)19(13-15)25-23(27)17-8-9-18(24)22(14-17)31(28,29)26-12-11-16-5-3-4-6-20(16)26/h3-10,13-14H,11-12H2,1-2H3,(H,25,27). The van der Waals surface area contributed by atoms with Crippen LogP contribution in [0.25, 0.3) is 0 Å². The average molecular weight is 457 g/mol. The molecule has 0 aromatic heterocycles. The van der Waals surface area contributed by atoms with Gasteiger partial charge in [-0.3, -0.25) is 9.10 Å². The lowest BCUT2D eigenvalue weighted by molar-refractivity contribution is 0.102. The van der Waals surface area contributed by atoms with Crippen LogP contribution >= 0.6 is 11.6 Å². The van der Waals surface area contributed by atoms with Crippen LogP contribution in [0.1, 0.15) is 21.5 Å². The monoisotopic (exact) mass is 456 g/mol.